The van der Waals surface area contributed by atoms with E-state index >= 15 is 0 Å². The Morgan fingerprint density at radius 3 is 3.00 bits per heavy atom. The third-order valence-corrected chi connectivity index (χ3v) is 1.57. The zero-order valence-corrected chi connectivity index (χ0v) is 6.44. The van der Waals surface area contributed by atoms with Crippen molar-refractivity contribution in [2.24, 2.45) is 7.05 Å². The van der Waals surface area contributed by atoms with Crippen LogP contribution in [0, 0.1) is 6.92 Å². The maximum Gasteiger partial charge on any atom is 0.163 e. The predicted molar refractivity (Wildman–Crippen MR) is 41.0 cm³/mol. The summed E-state index contributed by atoms with van der Waals surface area (Å²) in [5.74, 6) is 0.779. The number of rotatable bonds is 0. The third-order valence-electron chi connectivity index (χ3n) is 1.57. The van der Waals surface area contributed by atoms with Gasteiger partial charge in [0.05, 0.1) is 12.5 Å². The van der Waals surface area contributed by atoms with E-state index in [1.54, 1.807) is 12.5 Å². The smallest absolute Gasteiger partial charge is 0.163 e. The summed E-state index contributed by atoms with van der Waals surface area (Å²) in [6.45, 7) is 1.87. The van der Waals surface area contributed by atoms with Crippen LogP contribution in [0.25, 0.3) is 11.2 Å². The summed E-state index contributed by atoms with van der Waals surface area (Å²) < 4.78 is 1.88. The summed E-state index contributed by atoms with van der Waals surface area (Å²) in [6, 6.07) is 0. The van der Waals surface area contributed by atoms with E-state index in [1.165, 1.54) is 0 Å². The first-order chi connectivity index (χ1) is 5.27. The fourth-order valence-corrected chi connectivity index (χ4v) is 1.01. The van der Waals surface area contributed by atoms with E-state index in [2.05, 4.69) is 15.0 Å². The lowest BCUT2D eigenvalue weighted by Crippen LogP contribution is -1.91. The van der Waals surface area contributed by atoms with Crippen LogP contribution in [0.15, 0.2) is 12.5 Å². The molecule has 11 heavy (non-hydrogen) atoms. The van der Waals surface area contributed by atoms with Crippen LogP contribution in [-0.2, 0) is 7.05 Å². The average Bonchev–Trinajstić information content (AvgIpc) is 2.33. The van der Waals surface area contributed by atoms with Gasteiger partial charge in [-0.05, 0) is 6.92 Å². The van der Waals surface area contributed by atoms with Gasteiger partial charge >= 0.3 is 0 Å². The second-order valence-corrected chi connectivity index (χ2v) is 2.48. The molecule has 0 aliphatic rings. The molecule has 0 aliphatic carbocycles. The normalized spacial score (nSPS) is 10.7. The molecule has 0 saturated carbocycles. The number of hydrogen-bond acceptors (Lipinski definition) is 3. The lowest BCUT2D eigenvalue weighted by atomic mass is 10.5. The molecule has 0 radical (unpaired) electrons. The highest BCUT2D eigenvalue weighted by Crippen LogP contribution is 2.05. The fraction of sp³-hybridized carbons (Fsp3) is 0.286. The Bertz CT molecular complexity index is 390. The molecule has 2 heterocycles. The Labute approximate surface area is 63.9 Å². The van der Waals surface area contributed by atoms with E-state index in [-0.39, 0.29) is 0 Å². The minimum atomic E-state index is 0.779. The number of imidazole rings is 1. The number of aromatic nitrogens is 4. The van der Waals surface area contributed by atoms with E-state index in [4.69, 9.17) is 0 Å². The molecule has 0 amide bonds. The minimum absolute atomic E-state index is 0.779. The summed E-state index contributed by atoms with van der Waals surface area (Å²) in [5, 5.41) is 0. The first kappa shape index (κ1) is 6.27. The molecule has 0 fully saturated rings. The minimum Gasteiger partial charge on any atom is -0.318 e. The van der Waals surface area contributed by atoms with Gasteiger partial charge in [0.15, 0.2) is 5.65 Å². The highest BCUT2D eigenvalue weighted by Gasteiger charge is 1.99. The van der Waals surface area contributed by atoms with Crippen molar-refractivity contribution >= 4 is 11.2 Å². The Morgan fingerprint density at radius 1 is 1.36 bits per heavy atom. The van der Waals surface area contributed by atoms with Gasteiger partial charge in [0.25, 0.3) is 0 Å². The number of nitrogens with zero attached hydrogens (tertiary/aromatic N) is 4. The molecule has 56 valence electrons. The SMILES string of the molecule is Cc1ncc2ncn(C)c2n1. The molecule has 2 aromatic rings. The summed E-state index contributed by atoms with van der Waals surface area (Å²) in [4.78, 5) is 12.4. The van der Waals surface area contributed by atoms with E-state index in [0.717, 1.165) is 17.0 Å². The van der Waals surface area contributed by atoms with Gasteiger partial charge in [-0.3, -0.25) is 0 Å². The first-order valence-corrected chi connectivity index (χ1v) is 3.38. The van der Waals surface area contributed by atoms with Gasteiger partial charge in [0.2, 0.25) is 0 Å². The molecule has 0 aromatic carbocycles. The Balaban J connectivity index is 2.87. The van der Waals surface area contributed by atoms with Crippen molar-refractivity contribution in [3.05, 3.63) is 18.3 Å². The molecular formula is C7H8N4. The lowest BCUT2D eigenvalue weighted by molar-refractivity contribution is 0.920. The Kier molecular flexibility index (Phi) is 1.15. The van der Waals surface area contributed by atoms with Crippen molar-refractivity contribution in [1.82, 2.24) is 19.5 Å². The lowest BCUT2D eigenvalue weighted by Gasteiger charge is -1.92. The van der Waals surface area contributed by atoms with Crippen molar-refractivity contribution in [3.8, 4) is 0 Å². The largest absolute Gasteiger partial charge is 0.318 e. The van der Waals surface area contributed by atoms with Gasteiger partial charge in [-0.2, -0.15) is 0 Å². The van der Waals surface area contributed by atoms with Crippen LogP contribution in [-0.4, -0.2) is 19.5 Å². The van der Waals surface area contributed by atoms with E-state index in [9.17, 15) is 0 Å². The van der Waals surface area contributed by atoms with Gasteiger partial charge in [-0.25, -0.2) is 15.0 Å². The maximum atomic E-state index is 4.22. The standard InChI is InChI=1S/C7H8N4/c1-5-8-3-6-7(10-5)11(2)4-9-6/h3-4H,1-2H3. The second-order valence-electron chi connectivity index (χ2n) is 2.48. The number of fused-ring (bicyclic) bond motifs is 1. The van der Waals surface area contributed by atoms with Crippen LogP contribution in [0.5, 0.6) is 0 Å². The second kappa shape index (κ2) is 2.02. The highest BCUT2D eigenvalue weighted by atomic mass is 15.1. The van der Waals surface area contributed by atoms with Crippen LogP contribution in [0.2, 0.25) is 0 Å². The van der Waals surface area contributed by atoms with E-state index in [1.807, 2.05) is 18.5 Å². The van der Waals surface area contributed by atoms with Crippen LogP contribution >= 0.6 is 0 Å². The van der Waals surface area contributed by atoms with Gasteiger partial charge in [0.1, 0.15) is 11.3 Å². The van der Waals surface area contributed by atoms with Crippen molar-refractivity contribution in [2.75, 3.05) is 0 Å². The molecular weight excluding hydrogens is 140 g/mol. The molecule has 0 N–H and O–H groups in total. The predicted octanol–water partition coefficient (Wildman–Crippen LogP) is 0.672. The summed E-state index contributed by atoms with van der Waals surface area (Å²) in [6.07, 6.45) is 3.47. The van der Waals surface area contributed by atoms with Crippen molar-refractivity contribution < 1.29 is 0 Å². The van der Waals surface area contributed by atoms with E-state index in [0.29, 0.717) is 0 Å². The monoisotopic (exact) mass is 148 g/mol. The van der Waals surface area contributed by atoms with Gasteiger partial charge in [-0.1, -0.05) is 0 Å². The maximum absolute atomic E-state index is 4.22. The molecule has 2 aromatic heterocycles. The first-order valence-electron chi connectivity index (χ1n) is 3.38. The van der Waals surface area contributed by atoms with Crippen LogP contribution in [0.3, 0.4) is 0 Å². The molecule has 0 spiro atoms. The number of aryl methyl sites for hydroxylation is 2. The number of hydrogen-bond donors (Lipinski definition) is 0. The van der Waals surface area contributed by atoms with Gasteiger partial charge in [-0.15, -0.1) is 0 Å². The zero-order valence-electron chi connectivity index (χ0n) is 6.44. The van der Waals surface area contributed by atoms with Crippen molar-refractivity contribution in [3.63, 3.8) is 0 Å². The van der Waals surface area contributed by atoms with Crippen molar-refractivity contribution in [1.29, 1.82) is 0 Å². The van der Waals surface area contributed by atoms with Crippen LogP contribution < -0.4 is 0 Å². The molecule has 0 aliphatic heterocycles. The van der Waals surface area contributed by atoms with E-state index < -0.39 is 0 Å². The average molecular weight is 148 g/mol. The van der Waals surface area contributed by atoms with Gasteiger partial charge in [0, 0.05) is 7.05 Å². The fourth-order valence-electron chi connectivity index (χ4n) is 1.01. The summed E-state index contributed by atoms with van der Waals surface area (Å²) in [7, 11) is 1.92. The third kappa shape index (κ3) is 0.869. The highest BCUT2D eigenvalue weighted by molar-refractivity contribution is 5.68. The summed E-state index contributed by atoms with van der Waals surface area (Å²) in [5.41, 5.74) is 1.73. The molecule has 0 saturated heterocycles. The molecule has 0 atom stereocenters. The molecule has 2 rings (SSSR count). The molecule has 4 heteroatoms. The Morgan fingerprint density at radius 2 is 2.18 bits per heavy atom. The molecule has 0 unspecified atom stereocenters. The van der Waals surface area contributed by atoms with Crippen molar-refractivity contribution in [2.45, 2.75) is 6.92 Å². The van der Waals surface area contributed by atoms with Crippen LogP contribution in [0.4, 0.5) is 0 Å². The topological polar surface area (TPSA) is 43.6 Å². The zero-order chi connectivity index (χ0) is 7.84. The molecule has 0 bridgehead atoms. The molecule has 4 nitrogen and oxygen atoms in total. The quantitative estimate of drug-likeness (QED) is 0.551. The Hall–Kier alpha value is -1.45. The van der Waals surface area contributed by atoms with Gasteiger partial charge < -0.3 is 4.57 Å². The summed E-state index contributed by atoms with van der Waals surface area (Å²) >= 11 is 0. The van der Waals surface area contributed by atoms with Crippen LogP contribution in [0.1, 0.15) is 5.82 Å².